The first-order valence-corrected chi connectivity index (χ1v) is 9.42. The smallest absolute Gasteiger partial charge is 0.338 e. The molecule has 1 fully saturated rings. The predicted octanol–water partition coefficient (Wildman–Crippen LogP) is 4.23. The van der Waals surface area contributed by atoms with E-state index in [1.54, 1.807) is 31.2 Å². The molecule has 7 nitrogen and oxygen atoms in total. The summed E-state index contributed by atoms with van der Waals surface area (Å²) in [6.45, 7) is 4.11. The van der Waals surface area contributed by atoms with Crippen LogP contribution in [0.1, 0.15) is 64.2 Å². The number of carbonyl (C=O) groups excluding carboxylic acids is 2. The lowest BCUT2D eigenvalue weighted by Crippen LogP contribution is -2.14. The molecule has 1 aliphatic carbocycles. The Hall–Kier alpha value is -3.22. The second-order valence-corrected chi connectivity index (χ2v) is 6.98. The van der Waals surface area contributed by atoms with Gasteiger partial charge in [-0.15, -0.1) is 0 Å². The number of nitrogens with one attached hydrogen (secondary N) is 1. The number of hydrogen-bond acceptors (Lipinski definition) is 6. The molecule has 0 unspecified atom stereocenters. The first-order chi connectivity index (χ1) is 13.6. The summed E-state index contributed by atoms with van der Waals surface area (Å²) in [7, 11) is 0. The van der Waals surface area contributed by atoms with E-state index in [-0.39, 0.29) is 11.9 Å². The second kappa shape index (κ2) is 7.42. The molecule has 0 saturated heterocycles. The first kappa shape index (κ1) is 18.2. The lowest BCUT2D eigenvalue weighted by molar-refractivity contribution is 0.0505. The van der Waals surface area contributed by atoms with Crippen LogP contribution in [-0.4, -0.2) is 28.6 Å². The summed E-state index contributed by atoms with van der Waals surface area (Å²) < 4.78 is 10.4. The van der Waals surface area contributed by atoms with Gasteiger partial charge in [-0.25, -0.2) is 9.78 Å². The number of rotatable bonds is 6. The third kappa shape index (κ3) is 3.60. The molecule has 0 atom stereocenters. The van der Waals surface area contributed by atoms with Crippen LogP contribution in [0.3, 0.4) is 0 Å². The van der Waals surface area contributed by atoms with Crippen LogP contribution in [0.4, 0.5) is 5.69 Å². The minimum Gasteiger partial charge on any atom is -0.462 e. The molecule has 1 saturated carbocycles. The molecule has 4 rings (SSSR count). The van der Waals surface area contributed by atoms with Crippen molar-refractivity contribution in [3.8, 4) is 0 Å². The number of pyridine rings is 1. The summed E-state index contributed by atoms with van der Waals surface area (Å²) in [5.74, 6) is -0.249. The number of carbonyl (C=O) groups is 2. The maximum atomic E-state index is 12.9. The summed E-state index contributed by atoms with van der Waals surface area (Å²) in [5.41, 5.74) is 3.41. The average Bonchev–Trinajstić information content (AvgIpc) is 3.49. The van der Waals surface area contributed by atoms with Crippen molar-refractivity contribution in [3.05, 3.63) is 52.8 Å². The number of aryl methyl sites for hydroxylation is 1. The summed E-state index contributed by atoms with van der Waals surface area (Å²) in [4.78, 5) is 29.3. The molecule has 0 spiro atoms. The third-order valence-corrected chi connectivity index (χ3v) is 4.69. The van der Waals surface area contributed by atoms with Crippen LogP contribution in [0, 0.1) is 6.92 Å². The molecule has 3 aromatic rings. The zero-order valence-corrected chi connectivity index (χ0v) is 15.8. The maximum Gasteiger partial charge on any atom is 0.338 e. The predicted molar refractivity (Wildman–Crippen MR) is 103 cm³/mol. The zero-order chi connectivity index (χ0) is 19.7. The zero-order valence-electron chi connectivity index (χ0n) is 15.8. The van der Waals surface area contributed by atoms with Crippen molar-refractivity contribution in [2.24, 2.45) is 0 Å². The largest absolute Gasteiger partial charge is 0.462 e. The fraction of sp³-hybridized carbons (Fsp3) is 0.333. The number of esters is 1. The highest BCUT2D eigenvalue weighted by molar-refractivity contribution is 6.12. The van der Waals surface area contributed by atoms with Gasteiger partial charge < -0.3 is 14.6 Å². The van der Waals surface area contributed by atoms with Gasteiger partial charge in [-0.3, -0.25) is 4.79 Å². The van der Waals surface area contributed by atoms with Crippen molar-refractivity contribution in [3.63, 3.8) is 0 Å². The molecule has 28 heavy (non-hydrogen) atoms. The summed E-state index contributed by atoms with van der Waals surface area (Å²) >= 11 is 0. The van der Waals surface area contributed by atoms with E-state index in [9.17, 15) is 9.59 Å². The van der Waals surface area contributed by atoms with Crippen molar-refractivity contribution < 1.29 is 18.8 Å². The number of benzene rings is 1. The highest BCUT2D eigenvalue weighted by Gasteiger charge is 2.28. The van der Waals surface area contributed by atoms with Gasteiger partial charge in [0.25, 0.3) is 11.6 Å². The molecule has 0 aliphatic heterocycles. The fourth-order valence-electron chi connectivity index (χ4n) is 3.05. The number of anilines is 1. The Morgan fingerprint density at radius 1 is 1.25 bits per heavy atom. The molecular weight excluding hydrogens is 358 g/mol. The fourth-order valence-corrected chi connectivity index (χ4v) is 3.05. The van der Waals surface area contributed by atoms with E-state index in [0.717, 1.165) is 25.0 Å². The number of nitrogens with zero attached hydrogens (tertiary/aromatic N) is 2. The quantitative estimate of drug-likeness (QED) is 0.644. The van der Waals surface area contributed by atoms with Crippen LogP contribution in [0.25, 0.3) is 11.1 Å². The highest BCUT2D eigenvalue weighted by atomic mass is 16.5. The van der Waals surface area contributed by atoms with E-state index < -0.39 is 0 Å². The lowest BCUT2D eigenvalue weighted by Gasteiger charge is -2.09. The number of fused-ring (bicyclic) bond motifs is 1. The molecule has 1 aliphatic rings. The molecule has 144 valence electrons. The Bertz CT molecular complexity index is 1040. The van der Waals surface area contributed by atoms with Gasteiger partial charge in [0.05, 0.1) is 28.8 Å². The van der Waals surface area contributed by atoms with Crippen LogP contribution in [0.15, 0.2) is 34.9 Å². The average molecular weight is 379 g/mol. The monoisotopic (exact) mass is 379 g/mol. The van der Waals surface area contributed by atoms with Gasteiger partial charge in [0, 0.05) is 17.3 Å². The van der Waals surface area contributed by atoms with Crippen LogP contribution in [-0.2, 0) is 4.74 Å². The van der Waals surface area contributed by atoms with Crippen LogP contribution in [0.2, 0.25) is 0 Å². The van der Waals surface area contributed by atoms with Gasteiger partial charge in [-0.05, 0) is 56.5 Å². The molecule has 0 bridgehead atoms. The lowest BCUT2D eigenvalue weighted by atomic mass is 10.1. The SMILES string of the molecule is CCCOC(=O)c1ccc(NC(=O)c2cc(C3CC3)nc3onc(C)c23)cc1. The third-order valence-electron chi connectivity index (χ3n) is 4.69. The van der Waals surface area contributed by atoms with Crippen molar-refractivity contribution in [2.75, 3.05) is 11.9 Å². The maximum absolute atomic E-state index is 12.9. The van der Waals surface area contributed by atoms with Crippen molar-refractivity contribution >= 4 is 28.7 Å². The van der Waals surface area contributed by atoms with E-state index in [1.807, 2.05) is 13.0 Å². The van der Waals surface area contributed by atoms with E-state index in [1.165, 1.54) is 0 Å². The molecule has 1 N–H and O–H groups in total. The van der Waals surface area contributed by atoms with E-state index in [4.69, 9.17) is 9.26 Å². The van der Waals surface area contributed by atoms with Gasteiger partial charge in [0.1, 0.15) is 0 Å². The minimum atomic E-state index is -0.371. The van der Waals surface area contributed by atoms with Crippen LogP contribution < -0.4 is 5.32 Å². The second-order valence-electron chi connectivity index (χ2n) is 6.98. The number of aromatic nitrogens is 2. The van der Waals surface area contributed by atoms with Gasteiger partial charge in [-0.2, -0.15) is 0 Å². The Morgan fingerprint density at radius 2 is 2.00 bits per heavy atom. The molecule has 7 heteroatoms. The molecular formula is C21H21N3O4. The van der Waals surface area contributed by atoms with E-state index in [0.29, 0.717) is 46.1 Å². The standard InChI is InChI=1S/C21H21N3O4/c1-3-10-27-21(26)14-6-8-15(9-7-14)22-19(25)16-11-17(13-4-5-13)23-20-18(16)12(2)24-28-20/h6-9,11,13H,3-5,10H2,1-2H3,(H,22,25). The minimum absolute atomic E-state index is 0.262. The topological polar surface area (TPSA) is 94.3 Å². The van der Waals surface area contributed by atoms with Crippen molar-refractivity contribution in [2.45, 2.75) is 39.0 Å². The molecule has 0 radical (unpaired) electrons. The van der Waals surface area contributed by atoms with E-state index in [2.05, 4.69) is 15.5 Å². The molecule has 2 aromatic heterocycles. The molecule has 1 aromatic carbocycles. The molecule has 2 heterocycles. The Labute approximate surface area is 162 Å². The highest BCUT2D eigenvalue weighted by Crippen LogP contribution is 2.40. The summed E-state index contributed by atoms with van der Waals surface area (Å²) in [6.07, 6.45) is 2.91. The summed E-state index contributed by atoms with van der Waals surface area (Å²) in [5, 5.41) is 7.45. The number of amides is 1. The van der Waals surface area contributed by atoms with Crippen LogP contribution >= 0.6 is 0 Å². The summed E-state index contributed by atoms with van der Waals surface area (Å²) in [6, 6.07) is 8.46. The number of hydrogen-bond donors (Lipinski definition) is 1. The Kier molecular flexibility index (Phi) is 4.81. The van der Waals surface area contributed by atoms with Crippen LogP contribution in [0.5, 0.6) is 0 Å². The van der Waals surface area contributed by atoms with Gasteiger partial charge in [0.15, 0.2) is 0 Å². The normalized spacial score (nSPS) is 13.5. The number of ether oxygens (including phenoxy) is 1. The first-order valence-electron chi connectivity index (χ1n) is 9.42. The Morgan fingerprint density at radius 3 is 2.68 bits per heavy atom. The van der Waals surface area contributed by atoms with Crippen molar-refractivity contribution in [1.82, 2.24) is 10.1 Å². The van der Waals surface area contributed by atoms with Crippen molar-refractivity contribution in [1.29, 1.82) is 0 Å². The van der Waals surface area contributed by atoms with Gasteiger partial charge >= 0.3 is 5.97 Å². The molecule has 1 amide bonds. The van der Waals surface area contributed by atoms with E-state index >= 15 is 0 Å². The Balaban J connectivity index is 1.57. The van der Waals surface area contributed by atoms with Gasteiger partial charge in [-0.1, -0.05) is 12.1 Å². The van der Waals surface area contributed by atoms with Gasteiger partial charge in [0.2, 0.25) is 0 Å².